The van der Waals surface area contributed by atoms with Crippen molar-refractivity contribution in [2.24, 2.45) is 0 Å². The topological polar surface area (TPSA) is 42.4 Å². The number of hydrogen-bond acceptors (Lipinski definition) is 3. The minimum absolute atomic E-state index is 0.344. The Kier molecular flexibility index (Phi) is 3.88. The number of amides is 1. The summed E-state index contributed by atoms with van der Waals surface area (Å²) in [6.45, 7) is 8.00. The molecule has 0 aliphatic carbocycles. The van der Waals surface area contributed by atoms with Gasteiger partial charge in [0.2, 0.25) is 0 Å². The largest absolute Gasteiger partial charge is 0.443 e. The van der Waals surface area contributed by atoms with Gasteiger partial charge in [-0.3, -0.25) is 9.88 Å². The van der Waals surface area contributed by atoms with Crippen molar-refractivity contribution in [2.45, 2.75) is 33.3 Å². The highest BCUT2D eigenvalue weighted by molar-refractivity contribution is 5.87. The van der Waals surface area contributed by atoms with E-state index in [-0.39, 0.29) is 6.09 Å². The lowest BCUT2D eigenvalue weighted by molar-refractivity contribution is 0.0582. The average molecular weight is 222 g/mol. The van der Waals surface area contributed by atoms with Crippen molar-refractivity contribution in [3.63, 3.8) is 0 Å². The highest BCUT2D eigenvalue weighted by Gasteiger charge is 2.22. The summed E-state index contributed by atoms with van der Waals surface area (Å²) in [5, 5.41) is 0. The monoisotopic (exact) mass is 222 g/mol. The molecule has 0 unspecified atom stereocenters. The maximum atomic E-state index is 11.9. The van der Waals surface area contributed by atoms with Gasteiger partial charge < -0.3 is 4.74 Å². The summed E-state index contributed by atoms with van der Waals surface area (Å²) in [7, 11) is 0. The molecular weight excluding hydrogens is 204 g/mol. The van der Waals surface area contributed by atoms with E-state index in [0.29, 0.717) is 6.54 Å². The molecule has 88 valence electrons. The Balaban J connectivity index is 2.80. The molecule has 16 heavy (non-hydrogen) atoms. The van der Waals surface area contributed by atoms with Crippen LogP contribution in [0.25, 0.3) is 0 Å². The van der Waals surface area contributed by atoms with Crippen molar-refractivity contribution in [3.8, 4) is 0 Å². The first-order valence-electron chi connectivity index (χ1n) is 5.34. The lowest BCUT2D eigenvalue weighted by Gasteiger charge is -2.26. The number of ether oxygens (including phenoxy) is 1. The Morgan fingerprint density at radius 3 is 2.62 bits per heavy atom. The number of carbonyl (C=O) groups excluding carboxylic acids is 1. The fourth-order valence-corrected chi connectivity index (χ4v) is 1.25. The first kappa shape index (κ1) is 12.5. The summed E-state index contributed by atoms with van der Waals surface area (Å²) in [4.78, 5) is 17.4. The summed E-state index contributed by atoms with van der Waals surface area (Å²) >= 11 is 0. The second-order valence-electron chi connectivity index (χ2n) is 4.44. The van der Waals surface area contributed by atoms with Crippen LogP contribution in [0, 0.1) is 0 Å². The van der Waals surface area contributed by atoms with Crippen LogP contribution in [-0.4, -0.2) is 23.2 Å². The molecule has 1 aromatic rings. The molecule has 1 aromatic heterocycles. The third kappa shape index (κ3) is 3.53. The minimum atomic E-state index is -0.479. The van der Waals surface area contributed by atoms with Gasteiger partial charge in [0.05, 0.1) is 11.9 Å². The minimum Gasteiger partial charge on any atom is -0.443 e. The van der Waals surface area contributed by atoms with E-state index < -0.39 is 5.60 Å². The van der Waals surface area contributed by atoms with Crippen LogP contribution in [0.15, 0.2) is 24.5 Å². The maximum absolute atomic E-state index is 11.9. The predicted molar refractivity (Wildman–Crippen MR) is 63.5 cm³/mol. The number of nitrogens with zero attached hydrogens (tertiary/aromatic N) is 2. The van der Waals surface area contributed by atoms with Gasteiger partial charge in [-0.15, -0.1) is 0 Å². The van der Waals surface area contributed by atoms with Crippen LogP contribution in [0.4, 0.5) is 10.5 Å². The lowest BCUT2D eigenvalue weighted by Crippen LogP contribution is -2.36. The van der Waals surface area contributed by atoms with Gasteiger partial charge in [0.25, 0.3) is 0 Å². The molecule has 1 amide bonds. The zero-order valence-corrected chi connectivity index (χ0v) is 10.2. The Morgan fingerprint density at radius 1 is 1.50 bits per heavy atom. The highest BCUT2D eigenvalue weighted by Crippen LogP contribution is 2.16. The zero-order chi connectivity index (χ0) is 12.2. The summed E-state index contributed by atoms with van der Waals surface area (Å²) in [5.74, 6) is 0. The van der Waals surface area contributed by atoms with Crippen LogP contribution < -0.4 is 4.90 Å². The molecule has 4 nitrogen and oxygen atoms in total. The predicted octanol–water partition coefficient (Wildman–Crippen LogP) is 2.84. The number of rotatable bonds is 2. The van der Waals surface area contributed by atoms with Gasteiger partial charge in [0, 0.05) is 12.7 Å². The van der Waals surface area contributed by atoms with Crippen LogP contribution >= 0.6 is 0 Å². The molecule has 0 atom stereocenters. The van der Waals surface area contributed by atoms with E-state index >= 15 is 0 Å². The van der Waals surface area contributed by atoms with Crippen molar-refractivity contribution < 1.29 is 9.53 Å². The summed E-state index contributed by atoms with van der Waals surface area (Å²) < 4.78 is 5.30. The second-order valence-corrected chi connectivity index (χ2v) is 4.44. The number of hydrogen-bond donors (Lipinski definition) is 0. The third-order valence-electron chi connectivity index (χ3n) is 1.89. The van der Waals surface area contributed by atoms with Crippen LogP contribution in [0.3, 0.4) is 0 Å². The van der Waals surface area contributed by atoms with Crippen LogP contribution in [0.1, 0.15) is 27.7 Å². The SMILES string of the molecule is CCN(C(=O)OC(C)(C)C)c1cccnc1. The molecule has 0 aliphatic heterocycles. The zero-order valence-electron chi connectivity index (χ0n) is 10.2. The first-order chi connectivity index (χ1) is 7.44. The van der Waals surface area contributed by atoms with Crippen molar-refractivity contribution in [1.29, 1.82) is 0 Å². The van der Waals surface area contributed by atoms with E-state index in [1.165, 1.54) is 0 Å². The number of anilines is 1. The number of aromatic nitrogens is 1. The molecule has 0 aliphatic rings. The highest BCUT2D eigenvalue weighted by atomic mass is 16.6. The smallest absolute Gasteiger partial charge is 0.414 e. The summed E-state index contributed by atoms with van der Waals surface area (Å²) in [6.07, 6.45) is 2.97. The van der Waals surface area contributed by atoms with E-state index in [1.54, 1.807) is 23.4 Å². The molecule has 0 spiro atoms. The third-order valence-corrected chi connectivity index (χ3v) is 1.89. The van der Waals surface area contributed by atoms with E-state index in [4.69, 9.17) is 4.74 Å². The molecule has 0 aromatic carbocycles. The van der Waals surface area contributed by atoms with Crippen LogP contribution in [0.2, 0.25) is 0 Å². The maximum Gasteiger partial charge on any atom is 0.414 e. The molecular formula is C12H18N2O2. The van der Waals surface area contributed by atoms with Gasteiger partial charge in [-0.2, -0.15) is 0 Å². The van der Waals surface area contributed by atoms with Crippen LogP contribution in [0.5, 0.6) is 0 Å². The normalized spacial score (nSPS) is 11.0. The second kappa shape index (κ2) is 4.96. The number of carbonyl (C=O) groups is 1. The molecule has 1 heterocycles. The van der Waals surface area contributed by atoms with E-state index in [0.717, 1.165) is 5.69 Å². The van der Waals surface area contributed by atoms with Crippen molar-refractivity contribution in [1.82, 2.24) is 4.98 Å². The molecule has 0 bridgehead atoms. The van der Waals surface area contributed by atoms with Gasteiger partial charge in [-0.25, -0.2) is 4.79 Å². The van der Waals surface area contributed by atoms with Crippen molar-refractivity contribution in [3.05, 3.63) is 24.5 Å². The molecule has 4 heteroatoms. The van der Waals surface area contributed by atoms with Gasteiger partial charge in [0.1, 0.15) is 5.60 Å². The molecule has 0 fully saturated rings. The standard InChI is InChI=1S/C12H18N2O2/c1-5-14(10-7-6-8-13-9-10)11(15)16-12(2,3)4/h6-9H,5H2,1-4H3. The van der Waals surface area contributed by atoms with Crippen molar-refractivity contribution in [2.75, 3.05) is 11.4 Å². The lowest BCUT2D eigenvalue weighted by atomic mass is 10.2. The van der Waals surface area contributed by atoms with Crippen LogP contribution in [-0.2, 0) is 4.74 Å². The number of pyridine rings is 1. The Hall–Kier alpha value is -1.58. The van der Waals surface area contributed by atoms with E-state index in [9.17, 15) is 4.79 Å². The molecule has 1 rings (SSSR count). The van der Waals surface area contributed by atoms with Gasteiger partial charge in [-0.1, -0.05) is 0 Å². The Labute approximate surface area is 96.2 Å². The molecule has 0 saturated carbocycles. The summed E-state index contributed by atoms with van der Waals surface area (Å²) in [6, 6.07) is 3.63. The van der Waals surface area contributed by atoms with Gasteiger partial charge in [-0.05, 0) is 39.8 Å². The fourth-order valence-electron chi connectivity index (χ4n) is 1.25. The average Bonchev–Trinajstić information content (AvgIpc) is 2.17. The van der Waals surface area contributed by atoms with Gasteiger partial charge in [0.15, 0.2) is 0 Å². The quantitative estimate of drug-likeness (QED) is 0.772. The first-order valence-corrected chi connectivity index (χ1v) is 5.34. The van der Waals surface area contributed by atoms with E-state index in [1.807, 2.05) is 33.8 Å². The van der Waals surface area contributed by atoms with Crippen molar-refractivity contribution >= 4 is 11.8 Å². The van der Waals surface area contributed by atoms with Gasteiger partial charge >= 0.3 is 6.09 Å². The molecule has 0 N–H and O–H groups in total. The molecule has 0 radical (unpaired) electrons. The Morgan fingerprint density at radius 2 is 2.19 bits per heavy atom. The fraction of sp³-hybridized carbons (Fsp3) is 0.500. The summed E-state index contributed by atoms with van der Waals surface area (Å²) in [5.41, 5.74) is 0.270. The van der Waals surface area contributed by atoms with E-state index in [2.05, 4.69) is 4.98 Å². The Bertz CT molecular complexity index is 344. The molecule has 0 saturated heterocycles.